The molecule has 1 aromatic carbocycles. The maximum absolute atomic E-state index is 11.3. The smallest absolute Gasteiger partial charge is 0.334 e. The number of esters is 1. The minimum absolute atomic E-state index is 0.179. The normalized spacial score (nSPS) is 23.9. The highest BCUT2D eigenvalue weighted by molar-refractivity contribution is 5.95. The monoisotopic (exact) mass is 188 g/mol. The van der Waals surface area contributed by atoms with Crippen LogP contribution in [0.2, 0.25) is 0 Å². The van der Waals surface area contributed by atoms with E-state index in [1.54, 1.807) is 0 Å². The molecule has 1 fully saturated rings. The lowest BCUT2D eigenvalue weighted by Gasteiger charge is -1.98. The molecular weight excluding hydrogens is 176 g/mol. The average Bonchev–Trinajstić information content (AvgIpc) is 2.51. The second-order valence-corrected chi connectivity index (χ2v) is 3.51. The number of carbonyl (C=O) groups excluding carboxylic acids is 1. The van der Waals surface area contributed by atoms with Crippen LogP contribution in [0.1, 0.15) is 12.5 Å². The van der Waals surface area contributed by atoms with E-state index in [0.717, 1.165) is 11.1 Å². The molecule has 2 heteroatoms. The molecule has 1 saturated heterocycles. The van der Waals surface area contributed by atoms with Crippen LogP contribution in [-0.4, -0.2) is 12.6 Å². The van der Waals surface area contributed by atoms with E-state index in [2.05, 4.69) is 0 Å². The fourth-order valence-corrected chi connectivity index (χ4v) is 1.50. The molecule has 2 rings (SSSR count). The Balaban J connectivity index is 2.30. The van der Waals surface area contributed by atoms with Gasteiger partial charge in [-0.25, -0.2) is 4.79 Å². The third-order valence-corrected chi connectivity index (χ3v) is 2.35. The lowest BCUT2D eigenvalue weighted by molar-refractivity contribution is -0.135. The quantitative estimate of drug-likeness (QED) is 0.499. The fourth-order valence-electron chi connectivity index (χ4n) is 1.50. The Bertz CT molecular complexity index is 365. The first-order chi connectivity index (χ1) is 6.77. The van der Waals surface area contributed by atoms with Crippen LogP contribution in [0, 0.1) is 5.92 Å². The Hall–Kier alpha value is -1.57. The van der Waals surface area contributed by atoms with E-state index in [0.29, 0.717) is 6.61 Å². The van der Waals surface area contributed by atoms with Crippen LogP contribution >= 0.6 is 0 Å². The van der Waals surface area contributed by atoms with Crippen molar-refractivity contribution in [2.75, 3.05) is 6.61 Å². The van der Waals surface area contributed by atoms with Gasteiger partial charge in [-0.1, -0.05) is 37.3 Å². The van der Waals surface area contributed by atoms with Crippen molar-refractivity contribution in [2.45, 2.75) is 6.92 Å². The van der Waals surface area contributed by atoms with Gasteiger partial charge < -0.3 is 4.74 Å². The fraction of sp³-hybridized carbons (Fsp3) is 0.250. The molecule has 14 heavy (non-hydrogen) atoms. The maximum Gasteiger partial charge on any atom is 0.334 e. The molecule has 0 radical (unpaired) electrons. The van der Waals surface area contributed by atoms with Gasteiger partial charge in [0.05, 0.1) is 6.61 Å². The lowest BCUT2D eigenvalue weighted by atomic mass is 10.0. The number of hydrogen-bond donors (Lipinski definition) is 0. The number of carbonyl (C=O) groups is 1. The van der Waals surface area contributed by atoms with Crippen LogP contribution in [0.4, 0.5) is 0 Å². The molecule has 0 saturated carbocycles. The lowest BCUT2D eigenvalue weighted by Crippen LogP contribution is -1.98. The molecule has 0 N–H and O–H groups in total. The van der Waals surface area contributed by atoms with E-state index < -0.39 is 0 Å². The summed E-state index contributed by atoms with van der Waals surface area (Å²) in [4.78, 5) is 11.3. The summed E-state index contributed by atoms with van der Waals surface area (Å²) < 4.78 is 4.94. The zero-order valence-electron chi connectivity index (χ0n) is 8.07. The third kappa shape index (κ3) is 1.69. The van der Waals surface area contributed by atoms with Crippen molar-refractivity contribution in [3.8, 4) is 0 Å². The molecule has 0 bridgehead atoms. The molecule has 72 valence electrons. The number of cyclic esters (lactones) is 1. The third-order valence-electron chi connectivity index (χ3n) is 2.35. The van der Waals surface area contributed by atoms with Crippen LogP contribution in [-0.2, 0) is 9.53 Å². The number of ether oxygens (including phenoxy) is 1. The van der Waals surface area contributed by atoms with Gasteiger partial charge in [0.2, 0.25) is 0 Å². The topological polar surface area (TPSA) is 26.3 Å². The summed E-state index contributed by atoms with van der Waals surface area (Å²) in [6.45, 7) is 2.51. The summed E-state index contributed by atoms with van der Waals surface area (Å²) in [7, 11) is 0. The van der Waals surface area contributed by atoms with Crippen molar-refractivity contribution in [1.29, 1.82) is 0 Å². The van der Waals surface area contributed by atoms with Gasteiger partial charge >= 0.3 is 5.97 Å². The zero-order chi connectivity index (χ0) is 9.97. The Labute approximate surface area is 83.2 Å². The highest BCUT2D eigenvalue weighted by Crippen LogP contribution is 2.22. The van der Waals surface area contributed by atoms with Crippen LogP contribution in [0.5, 0.6) is 0 Å². The second kappa shape index (κ2) is 3.66. The van der Waals surface area contributed by atoms with Gasteiger partial charge in [0.25, 0.3) is 0 Å². The minimum atomic E-state index is -0.179. The molecule has 1 aromatic rings. The van der Waals surface area contributed by atoms with Crippen molar-refractivity contribution in [3.05, 3.63) is 41.5 Å². The predicted octanol–water partition coefficient (Wildman–Crippen LogP) is 2.26. The van der Waals surface area contributed by atoms with Crippen molar-refractivity contribution in [2.24, 2.45) is 5.92 Å². The maximum atomic E-state index is 11.3. The molecule has 1 atom stereocenters. The van der Waals surface area contributed by atoms with Gasteiger partial charge in [-0.05, 0) is 11.6 Å². The first-order valence-corrected chi connectivity index (χ1v) is 4.71. The second-order valence-electron chi connectivity index (χ2n) is 3.51. The number of hydrogen-bond acceptors (Lipinski definition) is 2. The summed E-state index contributed by atoms with van der Waals surface area (Å²) in [6.07, 6.45) is 1.90. The zero-order valence-corrected chi connectivity index (χ0v) is 8.07. The Morgan fingerprint density at radius 1 is 1.36 bits per heavy atom. The largest absolute Gasteiger partial charge is 0.462 e. The summed E-state index contributed by atoms with van der Waals surface area (Å²) in [5.41, 5.74) is 1.82. The van der Waals surface area contributed by atoms with Crippen LogP contribution in [0.25, 0.3) is 6.08 Å². The molecule has 0 amide bonds. The summed E-state index contributed by atoms with van der Waals surface area (Å²) in [5, 5.41) is 0. The van der Waals surface area contributed by atoms with Gasteiger partial charge in [-0.2, -0.15) is 0 Å². The van der Waals surface area contributed by atoms with Crippen molar-refractivity contribution < 1.29 is 9.53 Å². The molecular formula is C12H12O2. The van der Waals surface area contributed by atoms with E-state index >= 15 is 0 Å². The first-order valence-electron chi connectivity index (χ1n) is 4.71. The molecule has 1 aliphatic rings. The molecule has 0 aliphatic carbocycles. The molecule has 0 unspecified atom stereocenters. The van der Waals surface area contributed by atoms with Crippen molar-refractivity contribution in [1.82, 2.24) is 0 Å². The van der Waals surface area contributed by atoms with Gasteiger partial charge in [-0.15, -0.1) is 0 Å². The molecule has 1 aliphatic heterocycles. The first kappa shape index (κ1) is 9.00. The predicted molar refractivity (Wildman–Crippen MR) is 54.5 cm³/mol. The Morgan fingerprint density at radius 2 is 2.07 bits per heavy atom. The Kier molecular flexibility index (Phi) is 2.35. The Morgan fingerprint density at radius 3 is 2.64 bits per heavy atom. The standard InChI is InChI=1S/C12H12O2/c1-9-8-14-12(13)11(9)7-10-5-3-2-4-6-10/h2-7,9H,8H2,1H3/b11-7+/t9-/m0/s1. The van der Waals surface area contributed by atoms with Gasteiger partial charge in [-0.3, -0.25) is 0 Å². The molecule has 0 spiro atoms. The van der Waals surface area contributed by atoms with Crippen LogP contribution in [0.3, 0.4) is 0 Å². The van der Waals surface area contributed by atoms with E-state index in [9.17, 15) is 4.79 Å². The van der Waals surface area contributed by atoms with Gasteiger partial charge in [0.15, 0.2) is 0 Å². The summed E-state index contributed by atoms with van der Waals surface area (Å²) in [5.74, 6) is 0.0315. The average molecular weight is 188 g/mol. The van der Waals surface area contributed by atoms with Crippen molar-refractivity contribution >= 4 is 12.0 Å². The summed E-state index contributed by atoms with van der Waals surface area (Å²) >= 11 is 0. The molecule has 0 aromatic heterocycles. The van der Waals surface area contributed by atoms with E-state index in [1.165, 1.54) is 0 Å². The van der Waals surface area contributed by atoms with Crippen molar-refractivity contribution in [3.63, 3.8) is 0 Å². The van der Waals surface area contributed by atoms with E-state index in [4.69, 9.17) is 4.74 Å². The van der Waals surface area contributed by atoms with E-state index in [1.807, 2.05) is 43.3 Å². The SMILES string of the molecule is C[C@H]1COC(=O)/C1=C/c1ccccc1. The summed E-state index contributed by atoms with van der Waals surface area (Å²) in [6, 6.07) is 9.82. The van der Waals surface area contributed by atoms with E-state index in [-0.39, 0.29) is 11.9 Å². The highest BCUT2D eigenvalue weighted by Gasteiger charge is 2.26. The number of benzene rings is 1. The van der Waals surface area contributed by atoms with Crippen LogP contribution in [0.15, 0.2) is 35.9 Å². The van der Waals surface area contributed by atoms with Gasteiger partial charge in [0, 0.05) is 11.5 Å². The van der Waals surface area contributed by atoms with Crippen LogP contribution < -0.4 is 0 Å². The number of rotatable bonds is 1. The highest BCUT2D eigenvalue weighted by atomic mass is 16.5. The minimum Gasteiger partial charge on any atom is -0.462 e. The van der Waals surface area contributed by atoms with Gasteiger partial charge in [0.1, 0.15) is 0 Å². The molecule has 1 heterocycles. The molecule has 2 nitrogen and oxygen atoms in total.